The SMILES string of the molecule is O=C(O)C1=CC(COc2ccc(F)cc2)=NS1(=O)=O. The van der Waals surface area contributed by atoms with Crippen LogP contribution in [0.15, 0.2) is 39.6 Å². The minimum absolute atomic E-state index is 0.0262. The fraction of sp³-hybridized carbons (Fsp3) is 0.0909. The van der Waals surface area contributed by atoms with Crippen LogP contribution in [0.3, 0.4) is 0 Å². The lowest BCUT2D eigenvalue weighted by Crippen LogP contribution is -2.07. The molecule has 0 bridgehead atoms. The van der Waals surface area contributed by atoms with E-state index < -0.39 is 26.7 Å². The highest BCUT2D eigenvalue weighted by Gasteiger charge is 2.30. The Morgan fingerprint density at radius 2 is 1.95 bits per heavy atom. The maximum Gasteiger partial charge on any atom is 0.349 e. The molecule has 0 radical (unpaired) electrons. The number of sulfonamides is 1. The summed E-state index contributed by atoms with van der Waals surface area (Å²) in [5.74, 6) is -1.68. The van der Waals surface area contributed by atoms with Crippen molar-refractivity contribution < 1.29 is 27.4 Å². The zero-order chi connectivity index (χ0) is 14.0. The first-order chi connectivity index (χ1) is 8.88. The van der Waals surface area contributed by atoms with Gasteiger partial charge >= 0.3 is 5.97 Å². The molecule has 0 aliphatic carbocycles. The average molecular weight is 285 g/mol. The molecule has 8 heteroatoms. The molecule has 1 aromatic rings. The van der Waals surface area contributed by atoms with Crippen LogP contribution in [0, 0.1) is 5.82 Å². The summed E-state index contributed by atoms with van der Waals surface area (Å²) in [4.78, 5) is 9.88. The zero-order valence-corrected chi connectivity index (χ0v) is 10.2. The van der Waals surface area contributed by atoms with Gasteiger partial charge in [-0.2, -0.15) is 12.8 Å². The Morgan fingerprint density at radius 1 is 1.32 bits per heavy atom. The normalized spacial score (nSPS) is 16.7. The molecule has 0 fully saturated rings. The van der Waals surface area contributed by atoms with Gasteiger partial charge in [0, 0.05) is 0 Å². The number of aliphatic carboxylic acids is 1. The van der Waals surface area contributed by atoms with E-state index in [2.05, 4.69) is 4.40 Å². The summed E-state index contributed by atoms with van der Waals surface area (Å²) in [5.41, 5.74) is -0.0262. The van der Waals surface area contributed by atoms with Gasteiger partial charge in [0.25, 0.3) is 10.0 Å². The van der Waals surface area contributed by atoms with Crippen LogP contribution >= 0.6 is 0 Å². The fourth-order valence-corrected chi connectivity index (χ4v) is 2.40. The first-order valence-electron chi connectivity index (χ1n) is 5.06. The molecule has 1 aliphatic heterocycles. The summed E-state index contributed by atoms with van der Waals surface area (Å²) in [6, 6.07) is 5.09. The van der Waals surface area contributed by atoms with Crippen molar-refractivity contribution in [1.29, 1.82) is 0 Å². The molecule has 1 aromatic carbocycles. The fourth-order valence-electron chi connectivity index (χ4n) is 1.38. The highest BCUT2D eigenvalue weighted by molar-refractivity contribution is 7.95. The minimum Gasteiger partial charge on any atom is -0.487 e. The Bertz CT molecular complexity index is 676. The Kier molecular flexibility index (Phi) is 3.34. The molecule has 1 aliphatic rings. The molecule has 19 heavy (non-hydrogen) atoms. The maximum atomic E-state index is 12.6. The summed E-state index contributed by atoms with van der Waals surface area (Å²) >= 11 is 0. The molecule has 0 saturated heterocycles. The van der Waals surface area contributed by atoms with Gasteiger partial charge in [0.1, 0.15) is 18.2 Å². The Morgan fingerprint density at radius 3 is 2.47 bits per heavy atom. The van der Waals surface area contributed by atoms with Crippen LogP contribution in [-0.4, -0.2) is 31.8 Å². The second-order valence-corrected chi connectivity index (χ2v) is 5.19. The lowest BCUT2D eigenvalue weighted by Gasteiger charge is -2.03. The number of ether oxygens (including phenoxy) is 1. The number of rotatable bonds is 4. The Hall–Kier alpha value is -2.22. The summed E-state index contributed by atoms with van der Waals surface area (Å²) in [7, 11) is -4.14. The van der Waals surface area contributed by atoms with E-state index in [4.69, 9.17) is 9.84 Å². The molecule has 2 rings (SSSR count). The second-order valence-electron chi connectivity index (χ2n) is 3.61. The molecule has 0 amide bonds. The lowest BCUT2D eigenvalue weighted by molar-refractivity contribution is -0.131. The van der Waals surface area contributed by atoms with Crippen molar-refractivity contribution in [1.82, 2.24) is 0 Å². The largest absolute Gasteiger partial charge is 0.487 e. The maximum absolute atomic E-state index is 12.6. The molecule has 100 valence electrons. The standard InChI is InChI=1S/C11H8FNO5S/c12-7-1-3-9(4-2-7)18-6-8-5-10(11(14)15)19(16,17)13-8/h1-5H,6H2,(H,14,15). The number of hydrogen-bond donors (Lipinski definition) is 1. The van der Waals surface area contributed by atoms with Gasteiger partial charge in [-0.05, 0) is 30.3 Å². The van der Waals surface area contributed by atoms with Crippen molar-refractivity contribution in [3.63, 3.8) is 0 Å². The highest BCUT2D eigenvalue weighted by Crippen LogP contribution is 2.18. The van der Waals surface area contributed by atoms with Gasteiger partial charge in [-0.3, -0.25) is 0 Å². The van der Waals surface area contributed by atoms with Gasteiger partial charge in [0.15, 0.2) is 4.91 Å². The van der Waals surface area contributed by atoms with Gasteiger partial charge in [-0.1, -0.05) is 0 Å². The third-order valence-corrected chi connectivity index (χ3v) is 3.55. The molecule has 1 N–H and O–H groups in total. The summed E-state index contributed by atoms with van der Waals surface area (Å²) in [6.45, 7) is -0.221. The number of benzene rings is 1. The molecule has 0 unspecified atom stereocenters. The van der Waals surface area contributed by atoms with Crippen LogP contribution in [0.4, 0.5) is 4.39 Å². The van der Waals surface area contributed by atoms with Crippen molar-refractivity contribution in [2.75, 3.05) is 6.61 Å². The summed E-state index contributed by atoms with van der Waals surface area (Å²) < 4.78 is 43.7. The average Bonchev–Trinajstić information content (AvgIpc) is 2.64. The lowest BCUT2D eigenvalue weighted by atomic mass is 10.3. The van der Waals surface area contributed by atoms with Crippen molar-refractivity contribution >= 4 is 21.7 Å². The van der Waals surface area contributed by atoms with Crippen molar-refractivity contribution in [2.45, 2.75) is 0 Å². The van der Waals surface area contributed by atoms with Crippen LogP contribution in [0.5, 0.6) is 5.75 Å². The van der Waals surface area contributed by atoms with E-state index in [1.165, 1.54) is 24.3 Å². The molecular formula is C11H8FNO5S. The van der Waals surface area contributed by atoms with E-state index in [1.54, 1.807) is 0 Å². The number of hydrogen-bond acceptors (Lipinski definition) is 4. The third kappa shape index (κ3) is 2.97. The van der Waals surface area contributed by atoms with E-state index >= 15 is 0 Å². The molecule has 0 saturated carbocycles. The number of halogens is 1. The van der Waals surface area contributed by atoms with Gasteiger partial charge in [-0.15, -0.1) is 0 Å². The number of carboxylic acid groups (broad SMARTS) is 1. The minimum atomic E-state index is -4.14. The van der Waals surface area contributed by atoms with Crippen LogP contribution in [-0.2, 0) is 14.8 Å². The number of carboxylic acids is 1. The van der Waals surface area contributed by atoms with E-state index in [0.717, 1.165) is 6.08 Å². The molecule has 0 spiro atoms. The topological polar surface area (TPSA) is 93.0 Å². The quantitative estimate of drug-likeness (QED) is 0.889. The van der Waals surface area contributed by atoms with E-state index in [9.17, 15) is 17.6 Å². The van der Waals surface area contributed by atoms with Crippen LogP contribution in [0.25, 0.3) is 0 Å². The second kappa shape index (κ2) is 4.81. The molecule has 0 aromatic heterocycles. The van der Waals surface area contributed by atoms with Gasteiger partial charge in [0.05, 0.1) is 5.71 Å². The van der Waals surface area contributed by atoms with Crippen molar-refractivity contribution in [2.24, 2.45) is 4.40 Å². The molecule has 1 heterocycles. The molecular weight excluding hydrogens is 277 g/mol. The first-order valence-corrected chi connectivity index (χ1v) is 6.50. The first kappa shape index (κ1) is 13.2. The predicted octanol–water partition coefficient (Wildman–Crippen LogP) is 0.957. The smallest absolute Gasteiger partial charge is 0.349 e. The van der Waals surface area contributed by atoms with E-state index in [-0.39, 0.29) is 12.3 Å². The van der Waals surface area contributed by atoms with Gasteiger partial charge in [0.2, 0.25) is 0 Å². The van der Waals surface area contributed by atoms with Crippen molar-refractivity contribution in [3.8, 4) is 5.75 Å². The number of carbonyl (C=O) groups is 1. The van der Waals surface area contributed by atoms with Gasteiger partial charge in [-0.25, -0.2) is 9.18 Å². The van der Waals surface area contributed by atoms with Gasteiger partial charge < -0.3 is 9.84 Å². The van der Waals surface area contributed by atoms with Crippen LogP contribution in [0.2, 0.25) is 0 Å². The zero-order valence-electron chi connectivity index (χ0n) is 9.41. The Balaban J connectivity index is 2.09. The molecule has 6 nitrogen and oxygen atoms in total. The molecule has 0 atom stereocenters. The van der Waals surface area contributed by atoms with E-state index in [1.807, 2.05) is 0 Å². The van der Waals surface area contributed by atoms with Crippen LogP contribution in [0.1, 0.15) is 0 Å². The summed E-state index contributed by atoms with van der Waals surface area (Å²) in [5, 5.41) is 8.68. The highest BCUT2D eigenvalue weighted by atomic mass is 32.2. The van der Waals surface area contributed by atoms with Crippen LogP contribution < -0.4 is 4.74 Å². The third-order valence-electron chi connectivity index (χ3n) is 2.22. The van der Waals surface area contributed by atoms with E-state index in [0.29, 0.717) is 5.75 Å². The Labute approximate surface area is 107 Å². The van der Waals surface area contributed by atoms with Crippen molar-refractivity contribution in [3.05, 3.63) is 41.1 Å². The summed E-state index contributed by atoms with van der Waals surface area (Å²) in [6.07, 6.45) is 0.932. The predicted molar refractivity (Wildman–Crippen MR) is 64.0 cm³/mol. The monoisotopic (exact) mass is 285 g/mol. The number of nitrogens with zero attached hydrogens (tertiary/aromatic N) is 1.